The molecule has 0 atom stereocenters. The van der Waals surface area contributed by atoms with Crippen LogP contribution in [-0.2, 0) is 0 Å². The molecule has 0 unspecified atom stereocenters. The third-order valence-electron chi connectivity index (χ3n) is 4.76. The van der Waals surface area contributed by atoms with Crippen LogP contribution < -0.4 is 21.5 Å². The van der Waals surface area contributed by atoms with Crippen molar-refractivity contribution in [2.75, 3.05) is 54.9 Å². The number of piperazine rings is 1. The van der Waals surface area contributed by atoms with Crippen LogP contribution in [0.25, 0.3) is 0 Å². The maximum absolute atomic E-state index is 6.34. The molecule has 0 amide bonds. The van der Waals surface area contributed by atoms with E-state index in [1.54, 1.807) is 5.01 Å². The summed E-state index contributed by atoms with van der Waals surface area (Å²) in [6.45, 7) is 5.67. The zero-order valence-electron chi connectivity index (χ0n) is 14.7. The number of para-hydroxylation sites is 2. The van der Waals surface area contributed by atoms with Gasteiger partial charge in [-0.1, -0.05) is 41.4 Å². The molecular weight excluding hydrogens is 369 g/mol. The first kappa shape index (κ1) is 19.1. The van der Waals surface area contributed by atoms with Gasteiger partial charge in [-0.3, -0.25) is 4.90 Å². The van der Waals surface area contributed by atoms with Crippen molar-refractivity contribution in [3.8, 4) is 0 Å². The molecule has 2 aromatic carbocycles. The van der Waals surface area contributed by atoms with Gasteiger partial charge in [-0.25, -0.2) is 5.84 Å². The fourth-order valence-corrected chi connectivity index (χ4v) is 3.70. The number of nitrogen functional groups attached to an aromatic ring is 1. The van der Waals surface area contributed by atoms with E-state index in [-0.39, 0.29) is 0 Å². The van der Waals surface area contributed by atoms with Crippen LogP contribution in [0.2, 0.25) is 10.0 Å². The van der Waals surface area contributed by atoms with Gasteiger partial charge >= 0.3 is 0 Å². The number of anilines is 3. The van der Waals surface area contributed by atoms with Crippen LogP contribution in [0.15, 0.2) is 42.5 Å². The molecule has 0 radical (unpaired) electrons. The zero-order chi connectivity index (χ0) is 18.5. The molecule has 3 rings (SSSR count). The lowest BCUT2D eigenvalue weighted by Crippen LogP contribution is -2.47. The minimum Gasteiger partial charge on any atom is -0.397 e. The SMILES string of the molecule is Nc1ccccc1N(N)CCCN1CCN(c2cccc(Cl)c2Cl)CC1. The Morgan fingerprint density at radius 1 is 0.962 bits per heavy atom. The predicted octanol–water partition coefficient (Wildman–Crippen LogP) is 3.47. The lowest BCUT2D eigenvalue weighted by Gasteiger charge is -2.36. The molecule has 140 valence electrons. The quantitative estimate of drug-likeness (QED) is 0.446. The van der Waals surface area contributed by atoms with Crippen molar-refractivity contribution < 1.29 is 0 Å². The second kappa shape index (κ2) is 8.82. The van der Waals surface area contributed by atoms with Crippen LogP contribution in [-0.4, -0.2) is 44.2 Å². The molecule has 1 fully saturated rings. The highest BCUT2D eigenvalue weighted by Gasteiger charge is 2.19. The lowest BCUT2D eigenvalue weighted by atomic mass is 10.2. The smallest absolute Gasteiger partial charge is 0.0825 e. The summed E-state index contributed by atoms with van der Waals surface area (Å²) in [6, 6.07) is 13.5. The number of nitrogens with zero attached hydrogens (tertiary/aromatic N) is 3. The minimum atomic E-state index is 0.606. The van der Waals surface area contributed by atoms with Gasteiger partial charge in [0.15, 0.2) is 0 Å². The number of hydrogen-bond donors (Lipinski definition) is 2. The molecule has 4 N–H and O–H groups in total. The minimum absolute atomic E-state index is 0.606. The number of rotatable bonds is 6. The van der Waals surface area contributed by atoms with Crippen LogP contribution in [0.4, 0.5) is 17.1 Å². The van der Waals surface area contributed by atoms with E-state index in [0.29, 0.717) is 15.7 Å². The highest BCUT2D eigenvalue weighted by molar-refractivity contribution is 6.43. The van der Waals surface area contributed by atoms with Crippen LogP contribution in [0.1, 0.15) is 6.42 Å². The first-order valence-corrected chi connectivity index (χ1v) is 9.60. The summed E-state index contributed by atoms with van der Waals surface area (Å²) in [5.74, 6) is 6.14. The summed E-state index contributed by atoms with van der Waals surface area (Å²) in [5.41, 5.74) is 8.58. The summed E-state index contributed by atoms with van der Waals surface area (Å²) in [4.78, 5) is 4.75. The van der Waals surface area contributed by atoms with E-state index < -0.39 is 0 Å². The molecule has 7 heteroatoms. The van der Waals surface area contributed by atoms with Crippen LogP contribution in [0.5, 0.6) is 0 Å². The monoisotopic (exact) mass is 393 g/mol. The highest BCUT2D eigenvalue weighted by atomic mass is 35.5. The summed E-state index contributed by atoms with van der Waals surface area (Å²) in [6.07, 6.45) is 0.989. The van der Waals surface area contributed by atoms with Crippen molar-refractivity contribution in [2.45, 2.75) is 6.42 Å². The van der Waals surface area contributed by atoms with Gasteiger partial charge in [-0.2, -0.15) is 0 Å². The summed E-state index contributed by atoms with van der Waals surface area (Å²) < 4.78 is 0. The topological polar surface area (TPSA) is 61.8 Å². The Morgan fingerprint density at radius 2 is 1.69 bits per heavy atom. The molecule has 5 nitrogen and oxygen atoms in total. The highest BCUT2D eigenvalue weighted by Crippen LogP contribution is 2.32. The number of halogens is 2. The Kier molecular flexibility index (Phi) is 6.48. The Bertz CT molecular complexity index is 732. The van der Waals surface area contributed by atoms with E-state index in [1.807, 2.05) is 42.5 Å². The van der Waals surface area contributed by atoms with Gasteiger partial charge in [0.1, 0.15) is 0 Å². The molecular formula is C19H25Cl2N5. The number of hydrazine groups is 1. The van der Waals surface area contributed by atoms with Crippen molar-refractivity contribution in [3.63, 3.8) is 0 Å². The number of hydrogen-bond acceptors (Lipinski definition) is 5. The predicted molar refractivity (Wildman–Crippen MR) is 112 cm³/mol. The fraction of sp³-hybridized carbons (Fsp3) is 0.368. The Balaban J connectivity index is 1.44. The van der Waals surface area contributed by atoms with E-state index in [2.05, 4.69) is 9.80 Å². The van der Waals surface area contributed by atoms with Gasteiger partial charge in [-0.05, 0) is 30.7 Å². The van der Waals surface area contributed by atoms with Crippen molar-refractivity contribution in [2.24, 2.45) is 5.84 Å². The second-order valence-electron chi connectivity index (χ2n) is 6.51. The average Bonchev–Trinajstić information content (AvgIpc) is 2.65. The van der Waals surface area contributed by atoms with Crippen LogP contribution >= 0.6 is 23.2 Å². The molecule has 0 aromatic heterocycles. The molecule has 26 heavy (non-hydrogen) atoms. The van der Waals surface area contributed by atoms with Crippen molar-refractivity contribution in [1.82, 2.24) is 4.90 Å². The Labute approximate surface area is 165 Å². The van der Waals surface area contributed by atoms with E-state index in [0.717, 1.165) is 57.1 Å². The standard InChI is InChI=1S/C19H25Cl2N5/c20-15-5-3-8-18(19(15)21)25-13-11-24(12-14-25)9-4-10-26(23)17-7-2-1-6-16(17)22/h1-3,5-8H,4,9-14,22-23H2. The molecule has 0 bridgehead atoms. The Hall–Kier alpha value is -1.66. The normalized spacial score (nSPS) is 15.3. The summed E-state index contributed by atoms with van der Waals surface area (Å²) >= 11 is 12.5. The lowest BCUT2D eigenvalue weighted by molar-refractivity contribution is 0.256. The molecule has 0 saturated carbocycles. The third kappa shape index (κ3) is 4.54. The Morgan fingerprint density at radius 3 is 2.42 bits per heavy atom. The van der Waals surface area contributed by atoms with Crippen LogP contribution in [0, 0.1) is 0 Å². The van der Waals surface area contributed by atoms with Crippen LogP contribution in [0.3, 0.4) is 0 Å². The third-order valence-corrected chi connectivity index (χ3v) is 5.57. The summed E-state index contributed by atoms with van der Waals surface area (Å²) in [7, 11) is 0. The first-order chi connectivity index (χ1) is 12.6. The summed E-state index contributed by atoms with van der Waals surface area (Å²) in [5, 5.41) is 2.98. The van der Waals surface area contributed by atoms with E-state index >= 15 is 0 Å². The largest absolute Gasteiger partial charge is 0.397 e. The van der Waals surface area contributed by atoms with Gasteiger partial charge in [0.2, 0.25) is 0 Å². The van der Waals surface area contributed by atoms with Gasteiger partial charge in [0.25, 0.3) is 0 Å². The molecule has 1 aliphatic heterocycles. The fourth-order valence-electron chi connectivity index (χ4n) is 3.28. The van der Waals surface area contributed by atoms with E-state index in [4.69, 9.17) is 34.8 Å². The molecule has 2 aromatic rings. The van der Waals surface area contributed by atoms with Crippen molar-refractivity contribution in [3.05, 3.63) is 52.5 Å². The molecule has 1 heterocycles. The molecule has 1 saturated heterocycles. The van der Waals surface area contributed by atoms with Gasteiger partial charge < -0.3 is 15.6 Å². The van der Waals surface area contributed by atoms with Crippen molar-refractivity contribution >= 4 is 40.3 Å². The average molecular weight is 394 g/mol. The first-order valence-electron chi connectivity index (χ1n) is 8.84. The van der Waals surface area contributed by atoms with Gasteiger partial charge in [0, 0.05) is 39.3 Å². The zero-order valence-corrected chi connectivity index (χ0v) is 16.3. The molecule has 0 aliphatic carbocycles. The van der Waals surface area contributed by atoms with E-state index in [9.17, 15) is 0 Å². The molecule has 0 spiro atoms. The molecule has 1 aliphatic rings. The number of nitrogens with two attached hydrogens (primary N) is 2. The second-order valence-corrected chi connectivity index (χ2v) is 7.29. The van der Waals surface area contributed by atoms with Gasteiger partial charge in [0.05, 0.1) is 27.1 Å². The maximum atomic E-state index is 6.34. The van der Waals surface area contributed by atoms with Crippen molar-refractivity contribution in [1.29, 1.82) is 0 Å². The van der Waals surface area contributed by atoms with E-state index in [1.165, 1.54) is 0 Å². The number of benzene rings is 2. The van der Waals surface area contributed by atoms with Gasteiger partial charge in [-0.15, -0.1) is 0 Å². The maximum Gasteiger partial charge on any atom is 0.0825 e.